The summed E-state index contributed by atoms with van der Waals surface area (Å²) in [4.78, 5) is 0. The summed E-state index contributed by atoms with van der Waals surface area (Å²) >= 11 is 0. The van der Waals surface area contributed by atoms with Gasteiger partial charge in [0.2, 0.25) is 0 Å². The molecule has 3 N–H and O–H groups in total. The zero-order valence-corrected chi connectivity index (χ0v) is 17.8. The summed E-state index contributed by atoms with van der Waals surface area (Å²) in [5.74, 6) is 0.967. The second-order valence-electron chi connectivity index (χ2n) is 6.80. The summed E-state index contributed by atoms with van der Waals surface area (Å²) < 4.78 is 16.6. The van der Waals surface area contributed by atoms with Gasteiger partial charge < -0.3 is 29.5 Å². The van der Waals surface area contributed by atoms with Crippen molar-refractivity contribution in [3.63, 3.8) is 0 Å². The van der Waals surface area contributed by atoms with Crippen molar-refractivity contribution in [3.05, 3.63) is 60.7 Å². The molecule has 0 aliphatic rings. The average molecular weight is 422 g/mol. The van der Waals surface area contributed by atoms with Crippen LogP contribution in [-0.2, 0) is 0 Å². The molecule has 162 valence electrons. The summed E-state index contributed by atoms with van der Waals surface area (Å²) in [6.45, 7) is 2.38. The summed E-state index contributed by atoms with van der Waals surface area (Å²) in [5, 5.41) is 31.0. The lowest BCUT2D eigenvalue weighted by molar-refractivity contribution is 0.336. The van der Waals surface area contributed by atoms with Gasteiger partial charge in [0.25, 0.3) is 0 Å². The summed E-state index contributed by atoms with van der Waals surface area (Å²) in [6, 6.07) is 13.2. The largest absolute Gasteiger partial charge is 0.508 e. The molecule has 3 aromatic carbocycles. The molecule has 0 bridgehead atoms. The fourth-order valence-electron chi connectivity index (χ4n) is 3.30. The Balaban J connectivity index is 2.06. The highest BCUT2D eigenvalue weighted by atomic mass is 16.5. The van der Waals surface area contributed by atoms with E-state index in [1.165, 1.54) is 20.3 Å². The lowest BCUT2D eigenvalue weighted by Crippen LogP contribution is -1.96. The molecule has 0 unspecified atom stereocenters. The van der Waals surface area contributed by atoms with E-state index in [0.717, 1.165) is 12.0 Å². The van der Waals surface area contributed by atoms with Crippen LogP contribution in [0.4, 0.5) is 0 Å². The molecule has 31 heavy (non-hydrogen) atoms. The van der Waals surface area contributed by atoms with Gasteiger partial charge in [0.15, 0.2) is 23.0 Å². The van der Waals surface area contributed by atoms with Crippen LogP contribution in [0.2, 0.25) is 0 Å². The zero-order chi connectivity index (χ0) is 22.4. The van der Waals surface area contributed by atoms with E-state index < -0.39 is 0 Å². The SMILES string of the molecule is CC/C=C/COc1ccc(-c2c(OC)cc(-c3ccc(O)cc3)c(OC)c2O)cc1O. The molecule has 0 heterocycles. The average Bonchev–Trinajstić information content (AvgIpc) is 2.77. The first kappa shape index (κ1) is 21.9. The second kappa shape index (κ2) is 9.80. The number of phenolic OH excluding ortho intramolecular Hbond substituents is 3. The third-order valence-corrected chi connectivity index (χ3v) is 4.81. The molecular weight excluding hydrogens is 396 g/mol. The van der Waals surface area contributed by atoms with Crippen LogP contribution in [0.25, 0.3) is 22.3 Å². The van der Waals surface area contributed by atoms with E-state index in [2.05, 4.69) is 0 Å². The molecular formula is C25H26O6. The maximum Gasteiger partial charge on any atom is 0.170 e. The maximum atomic E-state index is 11.0. The molecule has 0 aliphatic carbocycles. The van der Waals surface area contributed by atoms with E-state index in [-0.39, 0.29) is 23.0 Å². The molecule has 0 atom stereocenters. The molecule has 0 amide bonds. The molecule has 0 radical (unpaired) electrons. The Hall–Kier alpha value is -3.80. The molecule has 6 nitrogen and oxygen atoms in total. The molecule has 0 fully saturated rings. The van der Waals surface area contributed by atoms with Gasteiger partial charge in [-0.2, -0.15) is 0 Å². The van der Waals surface area contributed by atoms with E-state index in [1.54, 1.807) is 42.5 Å². The van der Waals surface area contributed by atoms with E-state index in [0.29, 0.717) is 34.8 Å². The van der Waals surface area contributed by atoms with Crippen LogP contribution in [0.1, 0.15) is 13.3 Å². The van der Waals surface area contributed by atoms with Crippen molar-refractivity contribution in [1.82, 2.24) is 0 Å². The number of allylic oxidation sites excluding steroid dienone is 1. The number of benzene rings is 3. The van der Waals surface area contributed by atoms with Gasteiger partial charge in [-0.15, -0.1) is 0 Å². The monoisotopic (exact) mass is 422 g/mol. The van der Waals surface area contributed by atoms with Gasteiger partial charge in [-0.3, -0.25) is 0 Å². The Morgan fingerprint density at radius 2 is 1.52 bits per heavy atom. The predicted molar refractivity (Wildman–Crippen MR) is 120 cm³/mol. The van der Waals surface area contributed by atoms with Crippen molar-refractivity contribution in [1.29, 1.82) is 0 Å². The number of methoxy groups -OCH3 is 2. The van der Waals surface area contributed by atoms with Gasteiger partial charge in [-0.25, -0.2) is 0 Å². The van der Waals surface area contributed by atoms with Gasteiger partial charge in [0.05, 0.1) is 19.8 Å². The molecule has 0 aliphatic heterocycles. The second-order valence-corrected chi connectivity index (χ2v) is 6.80. The van der Waals surface area contributed by atoms with Crippen LogP contribution < -0.4 is 14.2 Å². The molecule has 3 rings (SSSR count). The van der Waals surface area contributed by atoms with E-state index in [4.69, 9.17) is 14.2 Å². The van der Waals surface area contributed by atoms with E-state index in [9.17, 15) is 15.3 Å². The Morgan fingerprint density at radius 1 is 0.806 bits per heavy atom. The highest BCUT2D eigenvalue weighted by Gasteiger charge is 2.22. The molecule has 0 saturated carbocycles. The van der Waals surface area contributed by atoms with E-state index >= 15 is 0 Å². The first-order valence-corrected chi connectivity index (χ1v) is 9.88. The number of hydrogen-bond donors (Lipinski definition) is 3. The minimum atomic E-state index is -0.121. The van der Waals surface area contributed by atoms with Crippen LogP contribution in [0.3, 0.4) is 0 Å². The molecule has 0 saturated heterocycles. The van der Waals surface area contributed by atoms with Crippen molar-refractivity contribution in [2.24, 2.45) is 0 Å². The van der Waals surface area contributed by atoms with E-state index in [1.807, 2.05) is 19.1 Å². The normalized spacial score (nSPS) is 10.9. The minimum Gasteiger partial charge on any atom is -0.508 e. The summed E-state index contributed by atoms with van der Waals surface area (Å²) in [7, 11) is 2.97. The summed E-state index contributed by atoms with van der Waals surface area (Å²) in [5.41, 5.74) is 2.27. The van der Waals surface area contributed by atoms with Crippen LogP contribution >= 0.6 is 0 Å². The van der Waals surface area contributed by atoms with Crippen LogP contribution in [0.15, 0.2) is 60.7 Å². The third-order valence-electron chi connectivity index (χ3n) is 4.81. The number of rotatable bonds is 8. The smallest absolute Gasteiger partial charge is 0.170 e. The first-order valence-electron chi connectivity index (χ1n) is 9.88. The van der Waals surface area contributed by atoms with Crippen LogP contribution in [0.5, 0.6) is 34.5 Å². The lowest BCUT2D eigenvalue weighted by atomic mass is 9.96. The fourth-order valence-corrected chi connectivity index (χ4v) is 3.30. The highest BCUT2D eigenvalue weighted by Crippen LogP contribution is 2.50. The summed E-state index contributed by atoms with van der Waals surface area (Å²) in [6.07, 6.45) is 4.78. The van der Waals surface area contributed by atoms with Crippen LogP contribution in [-0.4, -0.2) is 36.1 Å². The zero-order valence-electron chi connectivity index (χ0n) is 17.8. The Kier molecular flexibility index (Phi) is 6.92. The number of phenols is 3. The minimum absolute atomic E-state index is 0.0505. The predicted octanol–water partition coefficient (Wildman–Crippen LogP) is 5.50. The van der Waals surface area contributed by atoms with Crippen molar-refractivity contribution < 1.29 is 29.5 Å². The Labute approximate surface area is 181 Å². The van der Waals surface area contributed by atoms with Crippen molar-refractivity contribution in [3.8, 4) is 56.8 Å². The third kappa shape index (κ3) is 4.69. The number of ether oxygens (including phenoxy) is 3. The van der Waals surface area contributed by atoms with Crippen molar-refractivity contribution in [2.45, 2.75) is 13.3 Å². The molecule has 3 aromatic rings. The topological polar surface area (TPSA) is 88.4 Å². The fraction of sp³-hybridized carbons (Fsp3) is 0.200. The number of hydrogen-bond acceptors (Lipinski definition) is 6. The standard InChI is InChI=1S/C25H26O6/c1-4-5-6-13-31-21-12-9-17(14-20(21)27)23-22(29-2)15-19(25(30-3)24(23)28)16-7-10-18(26)11-8-16/h5-12,14-15,26-28H,4,13H2,1-3H3/b6-5+. The highest BCUT2D eigenvalue weighted by molar-refractivity contribution is 5.88. The van der Waals surface area contributed by atoms with Gasteiger partial charge in [0, 0.05) is 5.56 Å². The Bertz CT molecular complexity index is 1070. The van der Waals surface area contributed by atoms with Crippen LogP contribution in [0, 0.1) is 0 Å². The Morgan fingerprint density at radius 3 is 2.13 bits per heavy atom. The number of aromatic hydroxyl groups is 3. The van der Waals surface area contributed by atoms with Crippen molar-refractivity contribution in [2.75, 3.05) is 20.8 Å². The quantitative estimate of drug-likeness (QED) is 0.416. The molecule has 0 aromatic heterocycles. The van der Waals surface area contributed by atoms with Gasteiger partial charge >= 0.3 is 0 Å². The first-order chi connectivity index (χ1) is 15.0. The van der Waals surface area contributed by atoms with Gasteiger partial charge in [-0.1, -0.05) is 37.3 Å². The maximum absolute atomic E-state index is 11.0. The van der Waals surface area contributed by atoms with Gasteiger partial charge in [-0.05, 0) is 47.9 Å². The lowest BCUT2D eigenvalue weighted by Gasteiger charge is -2.18. The van der Waals surface area contributed by atoms with Gasteiger partial charge in [0.1, 0.15) is 18.1 Å². The molecule has 0 spiro atoms. The van der Waals surface area contributed by atoms with Crippen molar-refractivity contribution >= 4 is 0 Å². The molecule has 6 heteroatoms.